The van der Waals surface area contributed by atoms with Gasteiger partial charge in [-0.25, -0.2) is 4.98 Å². The summed E-state index contributed by atoms with van der Waals surface area (Å²) in [7, 11) is 0. The summed E-state index contributed by atoms with van der Waals surface area (Å²) in [6, 6.07) is 13.3. The zero-order valence-electron chi connectivity index (χ0n) is 9.67. The molecule has 0 aliphatic rings. The first-order valence-electron chi connectivity index (χ1n) is 5.54. The van der Waals surface area contributed by atoms with Crippen LogP contribution < -0.4 is 0 Å². The molecular formula is C14H12ClNOS. The highest BCUT2D eigenvalue weighted by atomic mass is 35.5. The van der Waals surface area contributed by atoms with Crippen molar-refractivity contribution in [2.24, 2.45) is 0 Å². The summed E-state index contributed by atoms with van der Waals surface area (Å²) in [4.78, 5) is 15.9. The number of ketones is 1. The molecule has 0 radical (unpaired) electrons. The highest BCUT2D eigenvalue weighted by molar-refractivity contribution is 8.00. The molecular weight excluding hydrogens is 266 g/mol. The zero-order chi connectivity index (χ0) is 12.8. The SMILES string of the molecule is O=C(CSc1ncccc1Cl)Cc1ccccc1. The minimum Gasteiger partial charge on any atom is -0.298 e. The van der Waals surface area contributed by atoms with E-state index in [0.29, 0.717) is 22.2 Å². The lowest BCUT2D eigenvalue weighted by atomic mass is 10.1. The van der Waals surface area contributed by atoms with E-state index >= 15 is 0 Å². The Morgan fingerprint density at radius 2 is 1.94 bits per heavy atom. The van der Waals surface area contributed by atoms with Crippen LogP contribution in [0.25, 0.3) is 0 Å². The quantitative estimate of drug-likeness (QED) is 0.782. The van der Waals surface area contributed by atoms with Gasteiger partial charge in [0.25, 0.3) is 0 Å². The van der Waals surface area contributed by atoms with Crippen molar-refractivity contribution in [2.45, 2.75) is 11.4 Å². The molecule has 0 saturated heterocycles. The van der Waals surface area contributed by atoms with Crippen molar-refractivity contribution in [3.05, 3.63) is 59.2 Å². The first-order chi connectivity index (χ1) is 8.75. The third-order valence-electron chi connectivity index (χ3n) is 2.34. The predicted molar refractivity (Wildman–Crippen MR) is 75.1 cm³/mol. The van der Waals surface area contributed by atoms with Gasteiger partial charge in [-0.2, -0.15) is 0 Å². The molecule has 0 saturated carbocycles. The Labute approximate surface area is 115 Å². The number of hydrogen-bond donors (Lipinski definition) is 0. The first kappa shape index (κ1) is 13.1. The summed E-state index contributed by atoms with van der Waals surface area (Å²) in [6.07, 6.45) is 2.13. The Hall–Kier alpha value is -1.32. The normalized spacial score (nSPS) is 10.3. The van der Waals surface area contributed by atoms with E-state index in [-0.39, 0.29) is 5.78 Å². The third kappa shape index (κ3) is 3.86. The van der Waals surface area contributed by atoms with Crippen LogP contribution in [-0.4, -0.2) is 16.5 Å². The lowest BCUT2D eigenvalue weighted by Gasteiger charge is -2.02. The fraction of sp³-hybridized carbons (Fsp3) is 0.143. The van der Waals surface area contributed by atoms with Gasteiger partial charge in [0.1, 0.15) is 10.8 Å². The van der Waals surface area contributed by atoms with Gasteiger partial charge in [0.05, 0.1) is 10.8 Å². The molecule has 0 unspecified atom stereocenters. The van der Waals surface area contributed by atoms with Gasteiger partial charge in [0.2, 0.25) is 0 Å². The predicted octanol–water partition coefficient (Wildman–Crippen LogP) is 3.64. The van der Waals surface area contributed by atoms with Crippen LogP contribution in [0.2, 0.25) is 5.02 Å². The summed E-state index contributed by atoms with van der Waals surface area (Å²) in [6.45, 7) is 0. The largest absolute Gasteiger partial charge is 0.298 e. The van der Waals surface area contributed by atoms with Gasteiger partial charge < -0.3 is 0 Å². The standard InChI is InChI=1S/C14H12ClNOS/c15-13-7-4-8-16-14(13)18-10-12(17)9-11-5-2-1-3-6-11/h1-8H,9-10H2. The number of benzene rings is 1. The molecule has 1 heterocycles. The van der Waals surface area contributed by atoms with Gasteiger partial charge >= 0.3 is 0 Å². The molecule has 0 fully saturated rings. The van der Waals surface area contributed by atoms with Gasteiger partial charge in [-0.3, -0.25) is 4.79 Å². The van der Waals surface area contributed by atoms with E-state index in [1.165, 1.54) is 11.8 Å². The fourth-order valence-corrected chi connectivity index (χ4v) is 2.53. The summed E-state index contributed by atoms with van der Waals surface area (Å²) in [5, 5.41) is 1.30. The van der Waals surface area contributed by atoms with Crippen LogP contribution in [0.15, 0.2) is 53.7 Å². The van der Waals surface area contributed by atoms with Crippen LogP contribution in [0.1, 0.15) is 5.56 Å². The summed E-state index contributed by atoms with van der Waals surface area (Å²) < 4.78 is 0. The number of carbonyl (C=O) groups is 1. The molecule has 0 N–H and O–H groups in total. The molecule has 2 rings (SSSR count). The number of rotatable bonds is 5. The second-order valence-electron chi connectivity index (χ2n) is 3.78. The summed E-state index contributed by atoms with van der Waals surface area (Å²) in [5.74, 6) is 0.568. The lowest BCUT2D eigenvalue weighted by Crippen LogP contribution is -2.05. The molecule has 0 spiro atoms. The maximum absolute atomic E-state index is 11.8. The Morgan fingerprint density at radius 1 is 1.17 bits per heavy atom. The van der Waals surface area contributed by atoms with Crippen molar-refractivity contribution in [1.29, 1.82) is 0 Å². The van der Waals surface area contributed by atoms with Crippen LogP contribution >= 0.6 is 23.4 Å². The maximum atomic E-state index is 11.8. The molecule has 0 aliphatic carbocycles. The van der Waals surface area contributed by atoms with Crippen LogP contribution in [0.5, 0.6) is 0 Å². The summed E-state index contributed by atoms with van der Waals surface area (Å²) in [5.41, 5.74) is 1.04. The third-order valence-corrected chi connectivity index (χ3v) is 3.82. The number of carbonyl (C=O) groups excluding carboxylic acids is 1. The molecule has 0 atom stereocenters. The van der Waals surface area contributed by atoms with Crippen molar-refractivity contribution in [3.8, 4) is 0 Å². The molecule has 0 amide bonds. The Kier molecular flexibility index (Phi) is 4.79. The number of halogens is 1. The highest BCUT2D eigenvalue weighted by Crippen LogP contribution is 2.24. The molecule has 0 bridgehead atoms. The minimum atomic E-state index is 0.174. The van der Waals surface area contributed by atoms with Crippen molar-refractivity contribution in [3.63, 3.8) is 0 Å². The van der Waals surface area contributed by atoms with Crippen LogP contribution in [-0.2, 0) is 11.2 Å². The maximum Gasteiger partial charge on any atom is 0.147 e. The molecule has 0 aliphatic heterocycles. The second-order valence-corrected chi connectivity index (χ2v) is 5.15. The molecule has 18 heavy (non-hydrogen) atoms. The number of pyridine rings is 1. The van der Waals surface area contributed by atoms with Crippen molar-refractivity contribution in [2.75, 3.05) is 5.75 Å². The number of thioether (sulfide) groups is 1. The highest BCUT2D eigenvalue weighted by Gasteiger charge is 2.07. The number of aromatic nitrogens is 1. The van der Waals surface area contributed by atoms with Crippen molar-refractivity contribution in [1.82, 2.24) is 4.98 Å². The molecule has 2 nitrogen and oxygen atoms in total. The van der Waals surface area contributed by atoms with Crippen molar-refractivity contribution < 1.29 is 4.79 Å². The fourth-order valence-electron chi connectivity index (χ4n) is 1.50. The van der Waals surface area contributed by atoms with Gasteiger partial charge in [0.15, 0.2) is 0 Å². The Morgan fingerprint density at radius 3 is 2.67 bits per heavy atom. The van der Waals surface area contributed by atoms with Gasteiger partial charge in [-0.15, -0.1) is 0 Å². The van der Waals surface area contributed by atoms with E-state index in [1.807, 2.05) is 30.3 Å². The van der Waals surface area contributed by atoms with E-state index < -0.39 is 0 Å². The molecule has 2 aromatic rings. The topological polar surface area (TPSA) is 30.0 Å². The van der Waals surface area contributed by atoms with Crippen molar-refractivity contribution >= 4 is 29.1 Å². The number of nitrogens with zero attached hydrogens (tertiary/aromatic N) is 1. The molecule has 4 heteroatoms. The number of hydrogen-bond acceptors (Lipinski definition) is 3. The average Bonchev–Trinajstić information content (AvgIpc) is 2.39. The van der Waals surface area contributed by atoms with E-state index in [0.717, 1.165) is 5.56 Å². The Bertz CT molecular complexity index is 530. The molecule has 1 aromatic heterocycles. The Balaban J connectivity index is 1.88. The zero-order valence-corrected chi connectivity index (χ0v) is 11.2. The van der Waals surface area contributed by atoms with Gasteiger partial charge in [-0.05, 0) is 17.7 Å². The van der Waals surface area contributed by atoms with E-state index in [9.17, 15) is 4.79 Å². The smallest absolute Gasteiger partial charge is 0.147 e. The van der Waals surface area contributed by atoms with Gasteiger partial charge in [0, 0.05) is 12.6 Å². The first-order valence-corrected chi connectivity index (χ1v) is 6.91. The van der Waals surface area contributed by atoms with E-state index in [4.69, 9.17) is 11.6 Å². The van der Waals surface area contributed by atoms with Crippen LogP contribution in [0.4, 0.5) is 0 Å². The molecule has 92 valence electrons. The number of Topliss-reactive ketones (excluding diaryl/α,β-unsaturated/α-hetero) is 1. The van der Waals surface area contributed by atoms with Crippen LogP contribution in [0, 0.1) is 0 Å². The monoisotopic (exact) mass is 277 g/mol. The van der Waals surface area contributed by atoms with Crippen LogP contribution in [0.3, 0.4) is 0 Å². The van der Waals surface area contributed by atoms with Gasteiger partial charge in [-0.1, -0.05) is 53.7 Å². The average molecular weight is 278 g/mol. The van der Waals surface area contributed by atoms with E-state index in [2.05, 4.69) is 4.98 Å². The second kappa shape index (κ2) is 6.57. The lowest BCUT2D eigenvalue weighted by molar-refractivity contribution is -0.116. The minimum absolute atomic E-state index is 0.174. The summed E-state index contributed by atoms with van der Waals surface area (Å²) >= 11 is 7.36. The molecule has 1 aromatic carbocycles. The van der Waals surface area contributed by atoms with E-state index in [1.54, 1.807) is 18.3 Å².